The highest BCUT2D eigenvalue weighted by Gasteiger charge is 2.15. The molecule has 1 atom stereocenters. The second kappa shape index (κ2) is 8.10. The van der Waals surface area contributed by atoms with Gasteiger partial charge in [-0.05, 0) is 24.1 Å². The lowest BCUT2D eigenvalue weighted by atomic mass is 10.1. The molecule has 2 aromatic carbocycles. The quantitative estimate of drug-likeness (QED) is 0.764. The zero-order valence-corrected chi connectivity index (χ0v) is 13.1. The van der Waals surface area contributed by atoms with E-state index in [1.807, 2.05) is 49.4 Å². The molecule has 0 aliphatic heterocycles. The van der Waals surface area contributed by atoms with Crippen molar-refractivity contribution in [1.82, 2.24) is 5.32 Å². The topological polar surface area (TPSA) is 84.2 Å². The normalized spacial score (nSPS) is 11.6. The Balaban J connectivity index is 1.77. The molecule has 0 aliphatic carbocycles. The van der Waals surface area contributed by atoms with Crippen LogP contribution in [0.2, 0.25) is 0 Å². The van der Waals surface area contributed by atoms with E-state index in [0.717, 1.165) is 16.8 Å². The fraction of sp³-hybridized carbons (Fsp3) is 0.222. The summed E-state index contributed by atoms with van der Waals surface area (Å²) in [6.45, 7) is 2.17. The number of benzene rings is 2. The fourth-order valence-electron chi connectivity index (χ4n) is 2.15. The molecule has 5 nitrogen and oxygen atoms in total. The summed E-state index contributed by atoms with van der Waals surface area (Å²) in [7, 11) is 0. The molecule has 2 amide bonds. The van der Waals surface area contributed by atoms with E-state index in [-0.39, 0.29) is 24.8 Å². The van der Waals surface area contributed by atoms with Gasteiger partial charge in [-0.25, -0.2) is 0 Å². The van der Waals surface area contributed by atoms with Gasteiger partial charge in [0.1, 0.15) is 6.04 Å². The number of carbonyl (C=O) groups is 2. The lowest BCUT2D eigenvalue weighted by Crippen LogP contribution is -2.35. The summed E-state index contributed by atoms with van der Waals surface area (Å²) in [6.07, 6.45) is 0.196. The van der Waals surface area contributed by atoms with Crippen molar-refractivity contribution in [3.8, 4) is 0 Å². The Kier molecular flexibility index (Phi) is 5.88. The van der Waals surface area contributed by atoms with Gasteiger partial charge in [0, 0.05) is 18.7 Å². The number of rotatable bonds is 6. The Morgan fingerprint density at radius 3 is 2.39 bits per heavy atom. The number of para-hydroxylation sites is 1. The molecule has 0 unspecified atom stereocenters. The number of hydrogen-bond acceptors (Lipinski definition) is 3. The highest BCUT2D eigenvalue weighted by atomic mass is 16.2. The molecule has 0 aromatic heterocycles. The summed E-state index contributed by atoms with van der Waals surface area (Å²) in [6, 6.07) is 16.0. The third-order valence-electron chi connectivity index (χ3n) is 3.51. The van der Waals surface area contributed by atoms with Gasteiger partial charge in [0.05, 0.1) is 0 Å². The molecule has 2 rings (SSSR count). The molecule has 5 heteroatoms. The van der Waals surface area contributed by atoms with Crippen LogP contribution in [0.15, 0.2) is 54.6 Å². The van der Waals surface area contributed by atoms with Crippen LogP contribution in [-0.4, -0.2) is 18.4 Å². The largest absolute Gasteiger partial charge is 0.354 e. The van der Waals surface area contributed by atoms with Gasteiger partial charge in [-0.3, -0.25) is 9.59 Å². The highest BCUT2D eigenvalue weighted by Crippen LogP contribution is 2.13. The number of carbonyl (C=O) groups excluding carboxylic acids is 2. The van der Waals surface area contributed by atoms with Crippen LogP contribution >= 0.6 is 0 Å². The first kappa shape index (κ1) is 16.7. The molecule has 2 aromatic rings. The van der Waals surface area contributed by atoms with Crippen LogP contribution in [0.3, 0.4) is 0 Å². The van der Waals surface area contributed by atoms with Gasteiger partial charge in [0.25, 0.3) is 0 Å². The summed E-state index contributed by atoms with van der Waals surface area (Å²) in [5.74, 6) is -0.437. The maximum Gasteiger partial charge on any atom is 0.241 e. The zero-order chi connectivity index (χ0) is 16.7. The van der Waals surface area contributed by atoms with Crippen LogP contribution in [-0.2, 0) is 9.59 Å². The molecule has 23 heavy (non-hydrogen) atoms. The highest BCUT2D eigenvalue weighted by molar-refractivity contribution is 5.92. The Morgan fingerprint density at radius 2 is 1.70 bits per heavy atom. The van der Waals surface area contributed by atoms with Crippen molar-refractivity contribution in [2.75, 3.05) is 11.9 Å². The summed E-state index contributed by atoms with van der Waals surface area (Å²) in [5, 5.41) is 5.51. The SMILES string of the molecule is Cc1ccccc1NC(=O)CCNC(=O)[C@H](N)c1ccccc1. The van der Waals surface area contributed by atoms with Crippen molar-refractivity contribution in [2.45, 2.75) is 19.4 Å². The van der Waals surface area contributed by atoms with E-state index in [1.54, 1.807) is 12.1 Å². The molecular weight excluding hydrogens is 290 g/mol. The van der Waals surface area contributed by atoms with Gasteiger partial charge >= 0.3 is 0 Å². The second-order valence-electron chi connectivity index (χ2n) is 5.29. The van der Waals surface area contributed by atoms with Crippen LogP contribution in [0, 0.1) is 6.92 Å². The lowest BCUT2D eigenvalue weighted by molar-refractivity contribution is -0.122. The third kappa shape index (κ3) is 4.93. The Bertz CT molecular complexity index is 671. The van der Waals surface area contributed by atoms with Crippen molar-refractivity contribution in [3.63, 3.8) is 0 Å². The maximum atomic E-state index is 12.0. The van der Waals surface area contributed by atoms with Crippen molar-refractivity contribution in [1.29, 1.82) is 0 Å². The molecule has 4 N–H and O–H groups in total. The van der Waals surface area contributed by atoms with Crippen molar-refractivity contribution in [2.24, 2.45) is 5.73 Å². The van der Waals surface area contributed by atoms with E-state index in [2.05, 4.69) is 10.6 Å². The molecule has 0 saturated heterocycles. The summed E-state index contributed by atoms with van der Waals surface area (Å²) in [5.41, 5.74) is 8.41. The van der Waals surface area contributed by atoms with Gasteiger partial charge in [0.15, 0.2) is 0 Å². The van der Waals surface area contributed by atoms with Gasteiger partial charge in [0.2, 0.25) is 11.8 Å². The van der Waals surface area contributed by atoms with E-state index in [9.17, 15) is 9.59 Å². The maximum absolute atomic E-state index is 12.0. The van der Waals surface area contributed by atoms with E-state index < -0.39 is 6.04 Å². The van der Waals surface area contributed by atoms with E-state index in [4.69, 9.17) is 5.73 Å². The van der Waals surface area contributed by atoms with Gasteiger partial charge in [-0.2, -0.15) is 0 Å². The number of amides is 2. The second-order valence-corrected chi connectivity index (χ2v) is 5.29. The summed E-state index contributed by atoms with van der Waals surface area (Å²) in [4.78, 5) is 23.9. The number of aryl methyl sites for hydroxylation is 1. The predicted octanol–water partition coefficient (Wildman–Crippen LogP) is 2.14. The minimum atomic E-state index is -0.726. The van der Waals surface area contributed by atoms with Gasteiger partial charge < -0.3 is 16.4 Å². The zero-order valence-electron chi connectivity index (χ0n) is 13.1. The minimum Gasteiger partial charge on any atom is -0.354 e. The number of anilines is 1. The van der Waals surface area contributed by atoms with Crippen molar-refractivity contribution < 1.29 is 9.59 Å². The van der Waals surface area contributed by atoms with Crippen LogP contribution in [0.5, 0.6) is 0 Å². The molecular formula is C18H21N3O2. The van der Waals surface area contributed by atoms with Gasteiger partial charge in [-0.15, -0.1) is 0 Å². The third-order valence-corrected chi connectivity index (χ3v) is 3.51. The van der Waals surface area contributed by atoms with Crippen LogP contribution in [0.25, 0.3) is 0 Å². The van der Waals surface area contributed by atoms with Crippen LogP contribution in [0.4, 0.5) is 5.69 Å². The predicted molar refractivity (Wildman–Crippen MR) is 90.8 cm³/mol. The molecule has 0 bridgehead atoms. The minimum absolute atomic E-state index is 0.145. The average molecular weight is 311 g/mol. The Labute approximate surface area is 135 Å². The van der Waals surface area contributed by atoms with E-state index >= 15 is 0 Å². The number of nitrogens with two attached hydrogens (primary N) is 1. The summed E-state index contributed by atoms with van der Waals surface area (Å²) < 4.78 is 0. The van der Waals surface area contributed by atoms with Gasteiger partial charge in [-0.1, -0.05) is 48.5 Å². The molecule has 0 saturated carbocycles. The van der Waals surface area contributed by atoms with Crippen LogP contribution in [0.1, 0.15) is 23.6 Å². The number of nitrogens with one attached hydrogen (secondary N) is 2. The first-order valence-electron chi connectivity index (χ1n) is 7.51. The number of hydrogen-bond donors (Lipinski definition) is 3. The monoisotopic (exact) mass is 311 g/mol. The Hall–Kier alpha value is -2.66. The first-order chi connectivity index (χ1) is 11.1. The van der Waals surface area contributed by atoms with Crippen LogP contribution < -0.4 is 16.4 Å². The lowest BCUT2D eigenvalue weighted by Gasteiger charge is -2.13. The van der Waals surface area contributed by atoms with E-state index in [1.165, 1.54) is 0 Å². The fourth-order valence-corrected chi connectivity index (χ4v) is 2.15. The molecule has 0 spiro atoms. The average Bonchev–Trinajstić information content (AvgIpc) is 2.57. The molecule has 0 heterocycles. The van der Waals surface area contributed by atoms with E-state index in [0.29, 0.717) is 0 Å². The molecule has 0 aliphatic rings. The Morgan fingerprint density at radius 1 is 1.04 bits per heavy atom. The smallest absolute Gasteiger partial charge is 0.241 e. The summed E-state index contributed by atoms with van der Waals surface area (Å²) >= 11 is 0. The molecule has 0 radical (unpaired) electrons. The van der Waals surface area contributed by atoms with Crippen molar-refractivity contribution in [3.05, 3.63) is 65.7 Å². The molecule has 120 valence electrons. The standard InChI is InChI=1S/C18H21N3O2/c1-13-7-5-6-10-15(13)21-16(22)11-12-20-18(23)17(19)14-8-3-2-4-9-14/h2-10,17H,11-12,19H2,1H3,(H,20,23)(H,21,22)/t17-/m1/s1. The first-order valence-corrected chi connectivity index (χ1v) is 7.51. The molecule has 0 fully saturated rings. The van der Waals surface area contributed by atoms with Crippen molar-refractivity contribution >= 4 is 17.5 Å².